The lowest BCUT2D eigenvalue weighted by atomic mass is 9.89. The van der Waals surface area contributed by atoms with Gasteiger partial charge >= 0.3 is 0 Å². The average molecular weight is 387 g/mol. The number of methoxy groups -OCH3 is 1. The SMILES string of the molecule is COc1ccc2c(c1)CN(C(=O)CC1CCCN1)C(c1ccccc1)C2.Cl. The third-order valence-corrected chi connectivity index (χ3v) is 5.63. The van der Waals surface area contributed by atoms with E-state index in [4.69, 9.17) is 4.74 Å². The highest BCUT2D eigenvalue weighted by Crippen LogP contribution is 2.35. The van der Waals surface area contributed by atoms with Crippen molar-refractivity contribution in [1.82, 2.24) is 10.2 Å². The molecule has 0 bridgehead atoms. The first-order valence-electron chi connectivity index (χ1n) is 9.48. The van der Waals surface area contributed by atoms with Crippen LogP contribution < -0.4 is 10.1 Å². The van der Waals surface area contributed by atoms with E-state index in [-0.39, 0.29) is 24.4 Å². The monoisotopic (exact) mass is 386 g/mol. The average Bonchev–Trinajstić information content (AvgIpc) is 3.20. The number of hydrogen-bond acceptors (Lipinski definition) is 3. The maximum absolute atomic E-state index is 13.2. The van der Waals surface area contributed by atoms with Crippen molar-refractivity contribution in [2.45, 2.75) is 44.3 Å². The molecule has 2 atom stereocenters. The second-order valence-electron chi connectivity index (χ2n) is 7.28. The van der Waals surface area contributed by atoms with E-state index in [0.717, 1.165) is 25.1 Å². The first-order valence-corrected chi connectivity index (χ1v) is 9.48. The van der Waals surface area contributed by atoms with Gasteiger partial charge in [0.1, 0.15) is 5.75 Å². The lowest BCUT2D eigenvalue weighted by Gasteiger charge is -2.38. The number of carbonyl (C=O) groups is 1. The second kappa shape index (κ2) is 8.77. The summed E-state index contributed by atoms with van der Waals surface area (Å²) < 4.78 is 5.38. The fourth-order valence-electron chi connectivity index (χ4n) is 4.18. The molecule has 0 spiro atoms. The van der Waals surface area contributed by atoms with Gasteiger partial charge in [-0.25, -0.2) is 0 Å². The van der Waals surface area contributed by atoms with Gasteiger partial charge in [-0.3, -0.25) is 4.79 Å². The summed E-state index contributed by atoms with van der Waals surface area (Å²) in [6.45, 7) is 1.68. The van der Waals surface area contributed by atoms with Crippen molar-refractivity contribution in [3.63, 3.8) is 0 Å². The van der Waals surface area contributed by atoms with Crippen molar-refractivity contribution in [2.75, 3.05) is 13.7 Å². The number of ether oxygens (including phenoxy) is 1. The predicted molar refractivity (Wildman–Crippen MR) is 109 cm³/mol. The van der Waals surface area contributed by atoms with Crippen LogP contribution in [0.5, 0.6) is 5.75 Å². The molecule has 0 saturated carbocycles. The predicted octanol–water partition coefficient (Wildman–Crippen LogP) is 3.89. The number of carbonyl (C=O) groups excluding carboxylic acids is 1. The van der Waals surface area contributed by atoms with Crippen LogP contribution in [-0.4, -0.2) is 30.5 Å². The normalized spacial score (nSPS) is 21.3. The first kappa shape index (κ1) is 19.7. The van der Waals surface area contributed by atoms with Crippen molar-refractivity contribution in [3.05, 3.63) is 65.2 Å². The molecule has 2 unspecified atom stereocenters. The Balaban J connectivity index is 0.00000210. The van der Waals surface area contributed by atoms with E-state index in [2.05, 4.69) is 46.6 Å². The van der Waals surface area contributed by atoms with Crippen molar-refractivity contribution in [2.24, 2.45) is 0 Å². The molecular weight excluding hydrogens is 360 g/mol. The molecule has 0 aromatic heterocycles. The molecule has 2 heterocycles. The first-order chi connectivity index (χ1) is 12.7. The third kappa shape index (κ3) is 4.28. The molecule has 0 radical (unpaired) electrons. The van der Waals surface area contributed by atoms with Crippen LogP contribution >= 0.6 is 12.4 Å². The van der Waals surface area contributed by atoms with Gasteiger partial charge < -0.3 is 15.0 Å². The minimum atomic E-state index is 0. The molecule has 1 amide bonds. The number of amides is 1. The Morgan fingerprint density at radius 2 is 2.00 bits per heavy atom. The van der Waals surface area contributed by atoms with Crippen LogP contribution in [-0.2, 0) is 17.8 Å². The number of rotatable bonds is 4. The van der Waals surface area contributed by atoms with Gasteiger partial charge in [0, 0.05) is 19.0 Å². The zero-order valence-corrected chi connectivity index (χ0v) is 16.5. The van der Waals surface area contributed by atoms with Gasteiger partial charge in [-0.1, -0.05) is 36.4 Å². The lowest BCUT2D eigenvalue weighted by molar-refractivity contribution is -0.135. The molecule has 5 heteroatoms. The summed E-state index contributed by atoms with van der Waals surface area (Å²) in [5.74, 6) is 1.10. The highest BCUT2D eigenvalue weighted by atomic mass is 35.5. The van der Waals surface area contributed by atoms with E-state index < -0.39 is 0 Å². The Bertz CT molecular complexity index is 775. The van der Waals surface area contributed by atoms with Crippen LogP contribution in [0.25, 0.3) is 0 Å². The zero-order valence-electron chi connectivity index (χ0n) is 15.7. The maximum Gasteiger partial charge on any atom is 0.224 e. The molecule has 1 saturated heterocycles. The van der Waals surface area contributed by atoms with Crippen molar-refractivity contribution in [3.8, 4) is 5.75 Å². The summed E-state index contributed by atoms with van der Waals surface area (Å²) in [6, 6.07) is 17.1. The van der Waals surface area contributed by atoms with Crippen LogP contribution in [0.2, 0.25) is 0 Å². The van der Waals surface area contributed by atoms with Crippen LogP contribution in [0.1, 0.15) is 42.0 Å². The van der Waals surface area contributed by atoms with Crippen LogP contribution in [0, 0.1) is 0 Å². The van der Waals surface area contributed by atoms with Gasteiger partial charge in [0.25, 0.3) is 0 Å². The van der Waals surface area contributed by atoms with Crippen LogP contribution in [0.3, 0.4) is 0 Å². The summed E-state index contributed by atoms with van der Waals surface area (Å²) in [4.78, 5) is 15.2. The lowest BCUT2D eigenvalue weighted by Crippen LogP contribution is -2.41. The maximum atomic E-state index is 13.2. The fraction of sp³-hybridized carbons (Fsp3) is 0.409. The fourth-order valence-corrected chi connectivity index (χ4v) is 4.18. The number of nitrogens with one attached hydrogen (secondary N) is 1. The van der Waals surface area contributed by atoms with Gasteiger partial charge in [-0.2, -0.15) is 0 Å². The van der Waals surface area contributed by atoms with Gasteiger partial charge in [0.2, 0.25) is 5.91 Å². The summed E-state index contributed by atoms with van der Waals surface area (Å²) in [5, 5.41) is 3.45. The molecule has 27 heavy (non-hydrogen) atoms. The minimum absolute atomic E-state index is 0. The van der Waals surface area contributed by atoms with Crippen LogP contribution in [0.15, 0.2) is 48.5 Å². The highest BCUT2D eigenvalue weighted by Gasteiger charge is 2.32. The highest BCUT2D eigenvalue weighted by molar-refractivity contribution is 5.85. The quantitative estimate of drug-likeness (QED) is 0.866. The van der Waals surface area contributed by atoms with E-state index >= 15 is 0 Å². The molecule has 1 N–H and O–H groups in total. The van der Waals surface area contributed by atoms with Crippen molar-refractivity contribution >= 4 is 18.3 Å². The Labute approximate surface area is 167 Å². The van der Waals surface area contributed by atoms with Gasteiger partial charge in [-0.05, 0) is 54.6 Å². The molecule has 144 valence electrons. The minimum Gasteiger partial charge on any atom is -0.497 e. The van der Waals surface area contributed by atoms with E-state index in [1.165, 1.54) is 23.1 Å². The topological polar surface area (TPSA) is 41.6 Å². The summed E-state index contributed by atoms with van der Waals surface area (Å²) in [5.41, 5.74) is 3.72. The molecule has 2 aromatic rings. The molecule has 2 aromatic carbocycles. The number of benzene rings is 2. The Hall–Kier alpha value is -2.04. The molecule has 1 fully saturated rings. The number of fused-ring (bicyclic) bond motifs is 1. The number of nitrogens with zero attached hydrogens (tertiary/aromatic N) is 1. The molecule has 4 rings (SSSR count). The standard InChI is InChI=1S/C22H26N2O2.ClH/c1-26-20-10-9-17-13-21(16-6-3-2-4-7-16)24(15-18(17)12-20)22(25)14-19-8-5-11-23-19;/h2-4,6-7,9-10,12,19,21,23H,5,8,11,13-15H2,1H3;1H. The van der Waals surface area contributed by atoms with E-state index in [1.807, 2.05) is 12.1 Å². The van der Waals surface area contributed by atoms with Gasteiger partial charge in [-0.15, -0.1) is 12.4 Å². The molecule has 0 aliphatic carbocycles. The molecule has 4 nitrogen and oxygen atoms in total. The molecular formula is C22H27ClN2O2. The van der Waals surface area contributed by atoms with Crippen LogP contribution in [0.4, 0.5) is 0 Å². The zero-order chi connectivity index (χ0) is 17.9. The molecule has 2 aliphatic rings. The third-order valence-electron chi connectivity index (χ3n) is 5.63. The van der Waals surface area contributed by atoms with E-state index in [9.17, 15) is 4.79 Å². The molecule has 2 aliphatic heterocycles. The summed E-state index contributed by atoms with van der Waals surface area (Å²) in [6.07, 6.45) is 3.70. The Kier molecular flexibility index (Phi) is 6.40. The second-order valence-corrected chi connectivity index (χ2v) is 7.28. The van der Waals surface area contributed by atoms with Gasteiger partial charge in [0.15, 0.2) is 0 Å². The Morgan fingerprint density at radius 1 is 1.19 bits per heavy atom. The smallest absolute Gasteiger partial charge is 0.224 e. The summed E-state index contributed by atoms with van der Waals surface area (Å²) >= 11 is 0. The van der Waals surface area contributed by atoms with Crippen molar-refractivity contribution in [1.29, 1.82) is 0 Å². The summed E-state index contributed by atoms with van der Waals surface area (Å²) in [7, 11) is 1.69. The largest absolute Gasteiger partial charge is 0.497 e. The van der Waals surface area contributed by atoms with Gasteiger partial charge in [0.05, 0.1) is 13.2 Å². The number of halogens is 1. The van der Waals surface area contributed by atoms with E-state index in [1.54, 1.807) is 7.11 Å². The van der Waals surface area contributed by atoms with E-state index in [0.29, 0.717) is 19.0 Å². The van der Waals surface area contributed by atoms with Crippen molar-refractivity contribution < 1.29 is 9.53 Å². The number of hydrogen-bond donors (Lipinski definition) is 1. The Morgan fingerprint density at radius 3 is 2.70 bits per heavy atom.